The van der Waals surface area contributed by atoms with Crippen molar-refractivity contribution in [3.05, 3.63) is 59.2 Å². The van der Waals surface area contributed by atoms with Gasteiger partial charge in [0, 0.05) is 56.7 Å². The fraction of sp³-hybridized carbons (Fsp3) is 0.444. The van der Waals surface area contributed by atoms with Gasteiger partial charge in [-0.05, 0) is 36.9 Å². The molecule has 1 fully saturated rings. The van der Waals surface area contributed by atoms with Crippen LogP contribution in [-0.2, 0) is 16.2 Å². The van der Waals surface area contributed by atoms with Crippen LogP contribution in [0.15, 0.2) is 46.7 Å². The summed E-state index contributed by atoms with van der Waals surface area (Å²) in [6.45, 7) is 5.65. The van der Waals surface area contributed by atoms with Crippen LogP contribution in [0, 0.1) is 17.6 Å². The Hall–Kier alpha value is -3.93. The number of nitrogens with two attached hydrogens (primary N) is 2. The van der Waals surface area contributed by atoms with Crippen molar-refractivity contribution in [2.45, 2.75) is 39.0 Å². The standard InChI is InChI=1S/C27H36F2N8O2/c1-16(13-32-17(2)38)25-12-23(35-39-25)19-10-21(28)26(22(29)11-19)37-9-8-36(3)15-24(37)27(31)34-33-14-18-4-6-20(30)7-5-18/h4-7,10-11,16,24-25,33H,8-9,12-15,30H2,1-3H3,(H2,31,34)(H,32,38). The van der Waals surface area contributed by atoms with Crippen molar-refractivity contribution in [2.75, 3.05) is 43.9 Å². The van der Waals surface area contributed by atoms with Crippen LogP contribution in [0.25, 0.3) is 0 Å². The maximum atomic E-state index is 15.5. The number of carbonyl (C=O) groups excluding carboxylic acids is 1. The molecule has 2 heterocycles. The van der Waals surface area contributed by atoms with E-state index >= 15 is 8.78 Å². The number of hydrogen-bond donors (Lipinski definition) is 4. The molecule has 2 aliphatic rings. The van der Waals surface area contributed by atoms with Gasteiger partial charge in [-0.3, -0.25) is 4.79 Å². The number of amides is 1. The van der Waals surface area contributed by atoms with Crippen LogP contribution in [0.3, 0.4) is 0 Å². The lowest BCUT2D eigenvalue weighted by atomic mass is 9.96. The second-order valence-corrected chi connectivity index (χ2v) is 10.2. The Morgan fingerprint density at radius 3 is 2.59 bits per heavy atom. The predicted molar refractivity (Wildman–Crippen MR) is 148 cm³/mol. The first-order chi connectivity index (χ1) is 18.6. The minimum Gasteiger partial charge on any atom is -0.399 e. The average Bonchev–Trinajstić information content (AvgIpc) is 3.39. The van der Waals surface area contributed by atoms with Gasteiger partial charge in [-0.15, -0.1) is 0 Å². The lowest BCUT2D eigenvalue weighted by Crippen LogP contribution is -2.58. The van der Waals surface area contributed by atoms with Crippen LogP contribution in [0.2, 0.25) is 0 Å². The molecule has 3 atom stereocenters. The molecule has 10 nitrogen and oxygen atoms in total. The van der Waals surface area contributed by atoms with Crippen molar-refractivity contribution in [3.8, 4) is 0 Å². The van der Waals surface area contributed by atoms with E-state index in [4.69, 9.17) is 16.3 Å². The fourth-order valence-corrected chi connectivity index (χ4v) is 4.69. The number of hydrazone groups is 1. The molecule has 0 radical (unpaired) electrons. The highest BCUT2D eigenvalue weighted by atomic mass is 19.1. The van der Waals surface area contributed by atoms with Crippen molar-refractivity contribution in [1.82, 2.24) is 15.6 Å². The van der Waals surface area contributed by atoms with Gasteiger partial charge in [-0.2, -0.15) is 5.10 Å². The summed E-state index contributed by atoms with van der Waals surface area (Å²) in [6, 6.07) is 9.38. The highest BCUT2D eigenvalue weighted by molar-refractivity contribution is 6.01. The maximum absolute atomic E-state index is 15.5. The van der Waals surface area contributed by atoms with E-state index in [1.54, 1.807) is 17.0 Å². The summed E-state index contributed by atoms with van der Waals surface area (Å²) >= 11 is 0. The summed E-state index contributed by atoms with van der Waals surface area (Å²) in [4.78, 5) is 20.4. The largest absolute Gasteiger partial charge is 0.399 e. The number of piperazine rings is 1. The Balaban J connectivity index is 1.48. The number of benzene rings is 2. The zero-order valence-electron chi connectivity index (χ0n) is 22.5. The summed E-state index contributed by atoms with van der Waals surface area (Å²) in [7, 11) is 1.93. The number of nitrogen functional groups attached to an aromatic ring is 1. The molecule has 1 amide bonds. The summed E-state index contributed by atoms with van der Waals surface area (Å²) in [5.41, 5.74) is 17.3. The molecule has 4 rings (SSSR count). The van der Waals surface area contributed by atoms with Gasteiger partial charge in [-0.25, -0.2) is 8.78 Å². The topological polar surface area (TPSA) is 134 Å². The summed E-state index contributed by atoms with van der Waals surface area (Å²) in [6.07, 6.45) is 0.0893. The predicted octanol–water partition coefficient (Wildman–Crippen LogP) is 1.99. The molecule has 12 heteroatoms. The molecule has 2 aromatic carbocycles. The Labute approximate surface area is 227 Å². The van der Waals surface area contributed by atoms with Crippen molar-refractivity contribution in [2.24, 2.45) is 21.9 Å². The van der Waals surface area contributed by atoms with Gasteiger partial charge in [0.1, 0.15) is 35.3 Å². The third-order valence-electron chi connectivity index (χ3n) is 7.03. The normalized spacial score (nSPS) is 20.8. The minimum atomic E-state index is -0.709. The maximum Gasteiger partial charge on any atom is 0.216 e. The Morgan fingerprint density at radius 2 is 1.92 bits per heavy atom. The van der Waals surface area contributed by atoms with Crippen LogP contribution in [-0.4, -0.2) is 67.7 Å². The number of carbonyl (C=O) groups is 1. The SMILES string of the molecule is CC(=O)NCC(C)C1CC(c2cc(F)c(N3CCN(C)CC3/C(N)=N/NCc3ccc(N)cc3)c(F)c2)=NO1. The molecule has 39 heavy (non-hydrogen) atoms. The van der Waals surface area contributed by atoms with Gasteiger partial charge in [0.2, 0.25) is 5.91 Å². The second-order valence-electron chi connectivity index (χ2n) is 10.2. The van der Waals surface area contributed by atoms with Crippen LogP contribution < -0.4 is 27.1 Å². The Bertz CT molecular complexity index is 1210. The van der Waals surface area contributed by atoms with Crippen LogP contribution in [0.1, 0.15) is 31.4 Å². The molecule has 0 bridgehead atoms. The zero-order chi connectivity index (χ0) is 28.1. The van der Waals surface area contributed by atoms with Crippen molar-refractivity contribution in [3.63, 3.8) is 0 Å². The highest BCUT2D eigenvalue weighted by Crippen LogP contribution is 2.31. The first-order valence-electron chi connectivity index (χ1n) is 12.9. The zero-order valence-corrected chi connectivity index (χ0v) is 22.5. The molecule has 0 aromatic heterocycles. The van der Waals surface area contributed by atoms with Gasteiger partial charge >= 0.3 is 0 Å². The first kappa shape index (κ1) is 28.1. The lowest BCUT2D eigenvalue weighted by molar-refractivity contribution is -0.119. The number of likely N-dealkylation sites (N-methyl/N-ethyl adjacent to an activating group) is 1. The third kappa shape index (κ3) is 6.94. The number of nitrogens with zero attached hydrogens (tertiary/aromatic N) is 4. The number of anilines is 2. The Morgan fingerprint density at radius 1 is 1.23 bits per heavy atom. The molecular formula is C27H36F2N8O2. The monoisotopic (exact) mass is 542 g/mol. The van der Waals surface area contributed by atoms with E-state index in [0.717, 1.165) is 5.56 Å². The molecule has 0 spiro atoms. The van der Waals surface area contributed by atoms with E-state index in [9.17, 15) is 4.79 Å². The molecule has 2 aliphatic heterocycles. The van der Waals surface area contributed by atoms with E-state index in [-0.39, 0.29) is 29.5 Å². The van der Waals surface area contributed by atoms with E-state index < -0.39 is 17.7 Å². The van der Waals surface area contributed by atoms with Gasteiger partial charge in [0.25, 0.3) is 0 Å². The van der Waals surface area contributed by atoms with Crippen molar-refractivity contribution in [1.29, 1.82) is 0 Å². The van der Waals surface area contributed by atoms with Gasteiger partial charge in [-0.1, -0.05) is 24.2 Å². The first-order valence-corrected chi connectivity index (χ1v) is 12.9. The molecule has 2 aromatic rings. The number of rotatable bonds is 9. The second kappa shape index (κ2) is 12.3. The third-order valence-corrected chi connectivity index (χ3v) is 7.03. The lowest BCUT2D eigenvalue weighted by Gasteiger charge is -2.41. The number of nitrogens with one attached hydrogen (secondary N) is 2. The van der Waals surface area contributed by atoms with Gasteiger partial charge in [0.15, 0.2) is 0 Å². The quantitative estimate of drug-likeness (QED) is 0.165. The van der Waals surface area contributed by atoms with E-state index in [1.165, 1.54) is 19.1 Å². The molecule has 3 unspecified atom stereocenters. The number of halogens is 2. The minimum absolute atomic E-state index is 0.0221. The molecule has 6 N–H and O–H groups in total. The number of hydrogen-bond acceptors (Lipinski definition) is 8. The molecule has 210 valence electrons. The summed E-state index contributed by atoms with van der Waals surface area (Å²) in [5, 5.41) is 11.1. The Kier molecular flexibility index (Phi) is 8.85. The smallest absolute Gasteiger partial charge is 0.216 e. The van der Waals surface area contributed by atoms with Gasteiger partial charge < -0.3 is 36.8 Å². The van der Waals surface area contributed by atoms with Crippen LogP contribution in [0.5, 0.6) is 0 Å². The molecule has 0 saturated carbocycles. The highest BCUT2D eigenvalue weighted by Gasteiger charge is 2.34. The van der Waals surface area contributed by atoms with Crippen LogP contribution in [0.4, 0.5) is 20.2 Å². The van der Waals surface area contributed by atoms with Crippen molar-refractivity contribution >= 4 is 28.8 Å². The van der Waals surface area contributed by atoms with E-state index in [0.29, 0.717) is 56.1 Å². The number of oxime groups is 1. The number of amidine groups is 1. The van der Waals surface area contributed by atoms with Crippen molar-refractivity contribution < 1.29 is 18.4 Å². The molecular weight excluding hydrogens is 506 g/mol. The summed E-state index contributed by atoms with van der Waals surface area (Å²) < 4.78 is 31.0. The molecule has 1 saturated heterocycles. The van der Waals surface area contributed by atoms with E-state index in [2.05, 4.69) is 21.0 Å². The summed E-state index contributed by atoms with van der Waals surface area (Å²) in [5.74, 6) is -1.35. The molecule has 0 aliphatic carbocycles. The van der Waals surface area contributed by atoms with E-state index in [1.807, 2.05) is 31.0 Å². The fourth-order valence-electron chi connectivity index (χ4n) is 4.69. The average molecular weight is 543 g/mol. The van der Waals surface area contributed by atoms with Crippen LogP contribution >= 0.6 is 0 Å². The van der Waals surface area contributed by atoms with Gasteiger partial charge in [0.05, 0.1) is 12.3 Å².